The number of carbonyl (C=O) groups is 1. The standard InChI is InChI=1S/C18H25N5O2/c1-11-12(2)21-15(13(3)20-11)18(24)22-16(14-5-9-25-10-6-14)17-19-7-8-23(17)4/h7-8,14,16H,5-6,9-10H2,1-4H3,(H,22,24)/t16-/m1/s1. The van der Waals surface area contributed by atoms with E-state index >= 15 is 0 Å². The van der Waals surface area contributed by atoms with Crippen LogP contribution >= 0.6 is 0 Å². The Balaban J connectivity index is 1.88. The molecule has 2 aromatic rings. The maximum atomic E-state index is 12.9. The number of nitrogens with zero attached hydrogens (tertiary/aromatic N) is 4. The Morgan fingerprint density at radius 2 is 1.88 bits per heavy atom. The molecule has 1 aliphatic rings. The summed E-state index contributed by atoms with van der Waals surface area (Å²) in [4.78, 5) is 26.2. The monoisotopic (exact) mass is 343 g/mol. The first-order chi connectivity index (χ1) is 12.0. The fourth-order valence-electron chi connectivity index (χ4n) is 3.26. The van der Waals surface area contributed by atoms with E-state index in [2.05, 4.69) is 20.3 Å². The van der Waals surface area contributed by atoms with Crippen LogP contribution in [-0.4, -0.2) is 38.6 Å². The molecule has 2 aromatic heterocycles. The molecule has 1 saturated heterocycles. The predicted molar refractivity (Wildman–Crippen MR) is 93.2 cm³/mol. The summed E-state index contributed by atoms with van der Waals surface area (Å²) in [5.74, 6) is 0.945. The number of amides is 1. The summed E-state index contributed by atoms with van der Waals surface area (Å²) in [5.41, 5.74) is 2.65. The van der Waals surface area contributed by atoms with Gasteiger partial charge in [0.2, 0.25) is 0 Å². The Morgan fingerprint density at radius 1 is 1.20 bits per heavy atom. The van der Waals surface area contributed by atoms with Crippen molar-refractivity contribution in [3.63, 3.8) is 0 Å². The van der Waals surface area contributed by atoms with Crippen LogP contribution < -0.4 is 5.32 Å². The molecule has 3 heterocycles. The van der Waals surface area contributed by atoms with Crippen molar-refractivity contribution in [3.8, 4) is 0 Å². The van der Waals surface area contributed by atoms with Crippen LogP contribution in [0.5, 0.6) is 0 Å². The van der Waals surface area contributed by atoms with Crippen molar-refractivity contribution < 1.29 is 9.53 Å². The van der Waals surface area contributed by atoms with Gasteiger partial charge in [-0.3, -0.25) is 9.78 Å². The fourth-order valence-corrected chi connectivity index (χ4v) is 3.26. The zero-order chi connectivity index (χ0) is 18.0. The summed E-state index contributed by atoms with van der Waals surface area (Å²) in [6.45, 7) is 7.01. The Labute approximate surface area is 147 Å². The van der Waals surface area contributed by atoms with Crippen LogP contribution in [0.2, 0.25) is 0 Å². The molecule has 1 N–H and O–H groups in total. The van der Waals surface area contributed by atoms with Crippen molar-refractivity contribution >= 4 is 5.91 Å². The van der Waals surface area contributed by atoms with Crippen molar-refractivity contribution in [2.75, 3.05) is 13.2 Å². The second-order valence-corrected chi connectivity index (χ2v) is 6.63. The summed E-state index contributed by atoms with van der Waals surface area (Å²) >= 11 is 0. The van der Waals surface area contributed by atoms with Crippen molar-refractivity contribution in [2.24, 2.45) is 13.0 Å². The average Bonchev–Trinajstić information content (AvgIpc) is 3.02. The first-order valence-electron chi connectivity index (χ1n) is 8.65. The molecule has 3 rings (SSSR count). The minimum atomic E-state index is -0.201. The summed E-state index contributed by atoms with van der Waals surface area (Å²) in [6.07, 6.45) is 5.45. The first-order valence-corrected chi connectivity index (χ1v) is 8.65. The summed E-state index contributed by atoms with van der Waals surface area (Å²) < 4.78 is 7.43. The van der Waals surface area contributed by atoms with Crippen LogP contribution in [0.25, 0.3) is 0 Å². The number of imidazole rings is 1. The largest absolute Gasteiger partial charge is 0.381 e. The summed E-state index contributed by atoms with van der Waals surface area (Å²) in [7, 11) is 1.95. The van der Waals surface area contributed by atoms with Gasteiger partial charge in [0.1, 0.15) is 11.5 Å². The van der Waals surface area contributed by atoms with E-state index in [4.69, 9.17) is 4.74 Å². The zero-order valence-electron chi connectivity index (χ0n) is 15.2. The lowest BCUT2D eigenvalue weighted by molar-refractivity contribution is 0.0498. The number of nitrogens with one attached hydrogen (secondary N) is 1. The van der Waals surface area contributed by atoms with Crippen molar-refractivity contribution in [3.05, 3.63) is 41.0 Å². The lowest BCUT2D eigenvalue weighted by Gasteiger charge is -2.30. The number of carbonyl (C=O) groups excluding carboxylic acids is 1. The minimum absolute atomic E-state index is 0.167. The van der Waals surface area contributed by atoms with Gasteiger partial charge in [-0.05, 0) is 39.5 Å². The van der Waals surface area contributed by atoms with Gasteiger partial charge in [-0.1, -0.05) is 0 Å². The molecule has 0 unspecified atom stereocenters. The third-order valence-electron chi connectivity index (χ3n) is 4.86. The predicted octanol–water partition coefficient (Wildman–Crippen LogP) is 2.03. The lowest BCUT2D eigenvalue weighted by atomic mass is 9.91. The first kappa shape index (κ1) is 17.5. The molecule has 7 nitrogen and oxygen atoms in total. The van der Waals surface area contributed by atoms with Gasteiger partial charge >= 0.3 is 0 Å². The van der Waals surface area contributed by atoms with E-state index in [0.717, 1.165) is 30.1 Å². The normalized spacial score (nSPS) is 16.6. The van der Waals surface area contributed by atoms with E-state index in [9.17, 15) is 4.79 Å². The molecule has 1 amide bonds. The molecule has 7 heteroatoms. The lowest BCUT2D eigenvalue weighted by Crippen LogP contribution is -2.38. The maximum absolute atomic E-state index is 12.9. The number of rotatable bonds is 4. The van der Waals surface area contributed by atoms with Crippen LogP contribution in [0, 0.1) is 26.7 Å². The average molecular weight is 343 g/mol. The quantitative estimate of drug-likeness (QED) is 0.918. The highest BCUT2D eigenvalue weighted by Crippen LogP contribution is 2.29. The van der Waals surface area contributed by atoms with E-state index in [-0.39, 0.29) is 11.9 Å². The Kier molecular flexibility index (Phi) is 5.13. The topological polar surface area (TPSA) is 81.9 Å². The number of aryl methyl sites for hydroxylation is 4. The second kappa shape index (κ2) is 7.31. The SMILES string of the molecule is Cc1nc(C)c(C(=O)N[C@@H](c2nccn2C)C2CCOCC2)nc1C. The molecular formula is C18H25N5O2. The van der Waals surface area contributed by atoms with Crippen molar-refractivity contribution in [1.82, 2.24) is 24.8 Å². The Morgan fingerprint density at radius 3 is 2.52 bits per heavy atom. The van der Waals surface area contributed by atoms with Crippen LogP contribution in [0.3, 0.4) is 0 Å². The maximum Gasteiger partial charge on any atom is 0.272 e. The number of aromatic nitrogens is 4. The summed E-state index contributed by atoms with van der Waals surface area (Å²) in [5, 5.41) is 3.15. The third kappa shape index (κ3) is 3.71. The number of ether oxygens (including phenoxy) is 1. The molecule has 0 saturated carbocycles. The van der Waals surface area contributed by atoms with Crippen LogP contribution in [0.15, 0.2) is 12.4 Å². The van der Waals surface area contributed by atoms with Gasteiger partial charge in [0.15, 0.2) is 0 Å². The number of hydrogen-bond acceptors (Lipinski definition) is 5. The molecule has 1 aliphatic heterocycles. The van der Waals surface area contributed by atoms with E-state index in [0.29, 0.717) is 30.5 Å². The van der Waals surface area contributed by atoms with Gasteiger partial charge in [0.25, 0.3) is 5.91 Å². The van der Waals surface area contributed by atoms with Gasteiger partial charge in [-0.15, -0.1) is 0 Å². The highest BCUT2D eigenvalue weighted by Gasteiger charge is 2.30. The molecule has 1 atom stereocenters. The minimum Gasteiger partial charge on any atom is -0.381 e. The van der Waals surface area contributed by atoms with Crippen molar-refractivity contribution in [1.29, 1.82) is 0 Å². The van der Waals surface area contributed by atoms with Gasteiger partial charge in [0, 0.05) is 32.7 Å². The highest BCUT2D eigenvalue weighted by molar-refractivity contribution is 5.93. The van der Waals surface area contributed by atoms with Crippen molar-refractivity contribution in [2.45, 2.75) is 39.7 Å². The Hall–Kier alpha value is -2.28. The highest BCUT2D eigenvalue weighted by atomic mass is 16.5. The van der Waals surface area contributed by atoms with E-state index in [1.807, 2.05) is 38.6 Å². The molecular weight excluding hydrogens is 318 g/mol. The third-order valence-corrected chi connectivity index (χ3v) is 4.86. The van der Waals surface area contributed by atoms with E-state index < -0.39 is 0 Å². The van der Waals surface area contributed by atoms with Crippen LogP contribution in [0.4, 0.5) is 0 Å². The summed E-state index contributed by atoms with van der Waals surface area (Å²) in [6, 6.07) is -0.167. The van der Waals surface area contributed by atoms with Gasteiger partial charge in [0.05, 0.1) is 23.1 Å². The van der Waals surface area contributed by atoms with Gasteiger partial charge in [-0.2, -0.15) is 0 Å². The molecule has 0 bridgehead atoms. The van der Waals surface area contributed by atoms with E-state index in [1.54, 1.807) is 6.20 Å². The molecule has 0 spiro atoms. The molecule has 1 fully saturated rings. The van der Waals surface area contributed by atoms with Gasteiger partial charge < -0.3 is 14.6 Å². The van der Waals surface area contributed by atoms with E-state index in [1.165, 1.54) is 0 Å². The molecule has 0 radical (unpaired) electrons. The molecule has 0 aromatic carbocycles. The number of hydrogen-bond donors (Lipinski definition) is 1. The second-order valence-electron chi connectivity index (χ2n) is 6.63. The zero-order valence-corrected chi connectivity index (χ0v) is 15.2. The fraction of sp³-hybridized carbons (Fsp3) is 0.556. The van der Waals surface area contributed by atoms with Crippen LogP contribution in [0.1, 0.15) is 52.3 Å². The Bertz CT molecular complexity index is 765. The van der Waals surface area contributed by atoms with Gasteiger partial charge in [-0.25, -0.2) is 9.97 Å². The molecule has 0 aliphatic carbocycles. The smallest absolute Gasteiger partial charge is 0.272 e. The molecule has 134 valence electrons. The van der Waals surface area contributed by atoms with Crippen LogP contribution in [-0.2, 0) is 11.8 Å². The molecule has 25 heavy (non-hydrogen) atoms.